The van der Waals surface area contributed by atoms with Gasteiger partial charge in [0.2, 0.25) is 0 Å². The van der Waals surface area contributed by atoms with E-state index in [-0.39, 0.29) is 31.4 Å². The van der Waals surface area contributed by atoms with Crippen molar-refractivity contribution in [1.29, 1.82) is 0 Å². The van der Waals surface area contributed by atoms with Crippen LogP contribution in [0, 0.1) is 0 Å². The Morgan fingerprint density at radius 1 is 0.775 bits per heavy atom. The van der Waals surface area contributed by atoms with Crippen molar-refractivity contribution in [2.24, 2.45) is 0 Å². The van der Waals surface area contributed by atoms with Crippen LogP contribution in [0.3, 0.4) is 0 Å². The molecule has 40 heavy (non-hydrogen) atoms. The third kappa shape index (κ3) is 7.18. The van der Waals surface area contributed by atoms with Gasteiger partial charge in [0, 0.05) is 36.6 Å². The fraction of sp³-hybridized carbons (Fsp3) is 0.188. The Bertz CT molecular complexity index is 1440. The highest BCUT2D eigenvalue weighted by Crippen LogP contribution is 2.29. The summed E-state index contributed by atoms with van der Waals surface area (Å²) < 4.78 is 0. The van der Waals surface area contributed by atoms with E-state index >= 15 is 0 Å². The van der Waals surface area contributed by atoms with Gasteiger partial charge < -0.3 is 20.4 Å². The van der Waals surface area contributed by atoms with Crippen LogP contribution in [0.25, 0.3) is 11.1 Å². The van der Waals surface area contributed by atoms with E-state index in [1.54, 1.807) is 60.9 Å². The number of carboxylic acid groups (broad SMARTS) is 1. The molecule has 1 aromatic heterocycles. The van der Waals surface area contributed by atoms with E-state index in [2.05, 4.69) is 10.3 Å². The molecular formula is C32H31N3O5. The quantitative estimate of drug-likeness (QED) is 0.247. The van der Waals surface area contributed by atoms with E-state index in [1.165, 1.54) is 4.90 Å². The summed E-state index contributed by atoms with van der Waals surface area (Å²) in [7, 11) is 0. The van der Waals surface area contributed by atoms with E-state index in [4.69, 9.17) is 0 Å². The summed E-state index contributed by atoms with van der Waals surface area (Å²) in [5, 5.41) is 22.1. The predicted molar refractivity (Wildman–Crippen MR) is 152 cm³/mol. The third-order valence-corrected chi connectivity index (χ3v) is 6.61. The maximum absolute atomic E-state index is 13.9. The van der Waals surface area contributed by atoms with Crippen molar-refractivity contribution in [3.63, 3.8) is 0 Å². The van der Waals surface area contributed by atoms with E-state index in [0.29, 0.717) is 35.2 Å². The topological polar surface area (TPSA) is 120 Å². The van der Waals surface area contributed by atoms with Gasteiger partial charge in [-0.25, -0.2) is 0 Å². The zero-order valence-electron chi connectivity index (χ0n) is 21.9. The van der Waals surface area contributed by atoms with E-state index in [1.807, 2.05) is 42.5 Å². The van der Waals surface area contributed by atoms with Crippen LogP contribution in [0.15, 0.2) is 103 Å². The minimum Gasteiger partial charge on any atom is -0.481 e. The number of pyridine rings is 1. The number of hydrogen-bond acceptors (Lipinski definition) is 5. The minimum absolute atomic E-state index is 0.0466. The molecule has 8 nitrogen and oxygen atoms in total. The molecule has 3 aromatic carbocycles. The number of carbonyl (C=O) groups is 3. The lowest BCUT2D eigenvalue weighted by Crippen LogP contribution is -2.35. The van der Waals surface area contributed by atoms with Gasteiger partial charge in [0.1, 0.15) is 0 Å². The first-order valence-electron chi connectivity index (χ1n) is 13.0. The van der Waals surface area contributed by atoms with Gasteiger partial charge >= 0.3 is 5.97 Å². The monoisotopic (exact) mass is 537 g/mol. The van der Waals surface area contributed by atoms with Gasteiger partial charge in [-0.3, -0.25) is 19.4 Å². The Labute approximate surface area is 232 Å². The largest absolute Gasteiger partial charge is 0.481 e. The Balaban J connectivity index is 1.64. The molecular weight excluding hydrogens is 506 g/mol. The van der Waals surface area contributed by atoms with E-state index in [9.17, 15) is 24.6 Å². The van der Waals surface area contributed by atoms with Gasteiger partial charge in [0.25, 0.3) is 11.8 Å². The van der Waals surface area contributed by atoms with Crippen LogP contribution in [0.5, 0.6) is 0 Å². The molecule has 1 atom stereocenters. The van der Waals surface area contributed by atoms with Crippen LogP contribution in [-0.2, 0) is 11.2 Å². The second-order valence-electron chi connectivity index (χ2n) is 9.25. The van der Waals surface area contributed by atoms with E-state index < -0.39 is 12.0 Å². The number of aromatic nitrogens is 1. The third-order valence-electron chi connectivity index (χ3n) is 6.61. The molecule has 8 heteroatoms. The summed E-state index contributed by atoms with van der Waals surface area (Å²) in [6.45, 7) is 0.0931. The predicted octanol–water partition coefficient (Wildman–Crippen LogP) is 4.37. The molecule has 204 valence electrons. The summed E-state index contributed by atoms with van der Waals surface area (Å²) in [6, 6.07) is 26.3. The van der Waals surface area contributed by atoms with Crippen molar-refractivity contribution in [2.75, 3.05) is 19.7 Å². The van der Waals surface area contributed by atoms with Crippen LogP contribution in [0.1, 0.15) is 44.3 Å². The van der Waals surface area contributed by atoms with Gasteiger partial charge in [-0.1, -0.05) is 66.7 Å². The van der Waals surface area contributed by atoms with Gasteiger partial charge in [-0.15, -0.1) is 0 Å². The van der Waals surface area contributed by atoms with Gasteiger partial charge in [0.15, 0.2) is 0 Å². The first-order valence-corrected chi connectivity index (χ1v) is 13.0. The maximum atomic E-state index is 13.9. The highest BCUT2D eigenvalue weighted by molar-refractivity contribution is 6.06. The number of carbonyl (C=O) groups excluding carboxylic acids is 2. The number of amides is 2. The van der Waals surface area contributed by atoms with Crippen molar-refractivity contribution in [2.45, 2.75) is 18.9 Å². The number of benzene rings is 3. The normalized spacial score (nSPS) is 11.4. The number of carboxylic acids is 1. The zero-order valence-corrected chi connectivity index (χ0v) is 21.9. The second kappa shape index (κ2) is 13.8. The lowest BCUT2D eigenvalue weighted by atomic mass is 9.94. The lowest BCUT2D eigenvalue weighted by Gasteiger charge is -2.24. The molecule has 3 N–H and O–H groups in total. The van der Waals surface area contributed by atoms with Crippen molar-refractivity contribution in [1.82, 2.24) is 15.2 Å². The number of hydrogen-bond donors (Lipinski definition) is 3. The van der Waals surface area contributed by atoms with Gasteiger partial charge in [0.05, 0.1) is 19.1 Å². The maximum Gasteiger partial charge on any atom is 0.305 e. The summed E-state index contributed by atoms with van der Waals surface area (Å²) in [6.07, 6.45) is 3.70. The molecule has 1 unspecified atom stereocenters. The molecule has 0 saturated heterocycles. The molecule has 2 amide bonds. The Kier molecular flexibility index (Phi) is 9.74. The summed E-state index contributed by atoms with van der Waals surface area (Å²) in [4.78, 5) is 44.2. The fourth-order valence-corrected chi connectivity index (χ4v) is 4.51. The molecule has 0 aliphatic rings. The SMILES string of the molecule is O=C(O)CCN(CCc1ccncc1)C(=O)c1ccccc1-c1ccccc1C(=O)NC(CO)c1ccccc1. The Morgan fingerprint density at radius 2 is 1.38 bits per heavy atom. The van der Waals surface area contributed by atoms with Crippen LogP contribution in [0.4, 0.5) is 0 Å². The van der Waals surface area contributed by atoms with Crippen molar-refractivity contribution >= 4 is 17.8 Å². The average Bonchev–Trinajstić information content (AvgIpc) is 3.00. The smallest absolute Gasteiger partial charge is 0.305 e. The molecule has 1 heterocycles. The Morgan fingerprint density at radius 3 is 2.02 bits per heavy atom. The first-order chi connectivity index (χ1) is 19.5. The van der Waals surface area contributed by atoms with Crippen molar-refractivity contribution in [3.8, 4) is 11.1 Å². The number of aliphatic carboxylic acids is 1. The molecule has 0 bridgehead atoms. The molecule has 0 spiro atoms. The summed E-state index contributed by atoms with van der Waals surface area (Å²) in [5.41, 5.74) is 3.59. The highest BCUT2D eigenvalue weighted by atomic mass is 16.4. The van der Waals surface area contributed by atoms with Crippen LogP contribution < -0.4 is 5.32 Å². The van der Waals surface area contributed by atoms with Crippen LogP contribution >= 0.6 is 0 Å². The fourth-order valence-electron chi connectivity index (χ4n) is 4.51. The van der Waals surface area contributed by atoms with Gasteiger partial charge in [-0.2, -0.15) is 0 Å². The van der Waals surface area contributed by atoms with E-state index in [0.717, 1.165) is 11.1 Å². The highest BCUT2D eigenvalue weighted by Gasteiger charge is 2.23. The van der Waals surface area contributed by atoms with Gasteiger partial charge in [-0.05, 0) is 52.9 Å². The minimum atomic E-state index is -0.992. The zero-order chi connectivity index (χ0) is 28.3. The molecule has 0 radical (unpaired) electrons. The number of aliphatic hydroxyl groups excluding tert-OH is 1. The van der Waals surface area contributed by atoms with Crippen LogP contribution in [-0.4, -0.2) is 57.6 Å². The molecule has 0 aliphatic heterocycles. The molecule has 4 rings (SSSR count). The lowest BCUT2D eigenvalue weighted by molar-refractivity contribution is -0.137. The van der Waals surface area contributed by atoms with Crippen LogP contribution in [0.2, 0.25) is 0 Å². The number of rotatable bonds is 12. The molecule has 0 saturated carbocycles. The molecule has 4 aromatic rings. The molecule has 0 aliphatic carbocycles. The number of aliphatic hydroxyl groups is 1. The Hall–Kier alpha value is -4.82. The summed E-state index contributed by atoms with van der Waals surface area (Å²) >= 11 is 0. The average molecular weight is 538 g/mol. The molecule has 0 fully saturated rings. The number of nitrogens with one attached hydrogen (secondary N) is 1. The van der Waals surface area contributed by atoms with Crippen molar-refractivity contribution < 1.29 is 24.6 Å². The standard InChI is InChI=1S/C32H31N3O5/c36-22-29(24-8-2-1-3-9-24)34-31(39)27-12-6-4-10-25(27)26-11-5-7-13-28(26)32(40)35(21-17-30(37)38)20-16-23-14-18-33-19-15-23/h1-15,18-19,29,36H,16-17,20-22H2,(H,34,39)(H,37,38). The number of nitrogens with zero attached hydrogens (tertiary/aromatic N) is 2. The first kappa shape index (κ1) is 28.2. The second-order valence-corrected chi connectivity index (χ2v) is 9.25. The summed E-state index contributed by atoms with van der Waals surface area (Å²) in [5.74, 6) is -1.70. The van der Waals surface area contributed by atoms with Crippen molar-refractivity contribution in [3.05, 3.63) is 126 Å².